The van der Waals surface area contributed by atoms with Crippen LogP contribution in [0.2, 0.25) is 0 Å². The van der Waals surface area contributed by atoms with Crippen molar-refractivity contribution in [3.05, 3.63) is 0 Å². The molecule has 104 valence electrons. The average molecular weight is 254 g/mol. The van der Waals surface area contributed by atoms with Crippen molar-refractivity contribution in [1.82, 2.24) is 10.2 Å². The molecular formula is C14H26N2O2. The molecule has 4 heteroatoms. The van der Waals surface area contributed by atoms with E-state index in [4.69, 9.17) is 0 Å². The molecule has 1 N–H and O–H groups in total. The molecule has 2 atom stereocenters. The van der Waals surface area contributed by atoms with Gasteiger partial charge in [-0.2, -0.15) is 0 Å². The molecule has 0 aromatic carbocycles. The summed E-state index contributed by atoms with van der Waals surface area (Å²) in [5, 5.41) is 2.89. The predicted molar refractivity (Wildman–Crippen MR) is 72.0 cm³/mol. The minimum absolute atomic E-state index is 0.00343. The first kappa shape index (κ1) is 15.0. The highest BCUT2D eigenvalue weighted by molar-refractivity contribution is 5.97. The van der Waals surface area contributed by atoms with Gasteiger partial charge in [0.2, 0.25) is 11.8 Å². The summed E-state index contributed by atoms with van der Waals surface area (Å²) in [6.45, 7) is 10.8. The first-order chi connectivity index (χ1) is 8.38. The molecule has 18 heavy (non-hydrogen) atoms. The molecule has 0 saturated carbocycles. The SMILES string of the molecule is CCCN1C(=O)C(CC(C)C)NC(=O)C1C(C)C. The summed E-state index contributed by atoms with van der Waals surface area (Å²) in [6.07, 6.45) is 1.60. The third-order valence-electron chi connectivity index (χ3n) is 3.31. The summed E-state index contributed by atoms with van der Waals surface area (Å²) in [5.41, 5.74) is 0. The zero-order chi connectivity index (χ0) is 13.9. The lowest BCUT2D eigenvalue weighted by Crippen LogP contribution is -2.65. The normalized spacial score (nSPS) is 24.9. The second kappa shape index (κ2) is 6.21. The van der Waals surface area contributed by atoms with Gasteiger partial charge >= 0.3 is 0 Å². The highest BCUT2D eigenvalue weighted by atomic mass is 16.2. The number of amides is 2. The van der Waals surface area contributed by atoms with E-state index in [-0.39, 0.29) is 29.8 Å². The Balaban J connectivity index is 2.89. The Morgan fingerprint density at radius 2 is 1.83 bits per heavy atom. The van der Waals surface area contributed by atoms with Crippen molar-refractivity contribution < 1.29 is 9.59 Å². The zero-order valence-electron chi connectivity index (χ0n) is 12.2. The lowest BCUT2D eigenvalue weighted by Gasteiger charge is -2.41. The molecule has 0 aliphatic carbocycles. The van der Waals surface area contributed by atoms with Crippen molar-refractivity contribution in [2.75, 3.05) is 6.54 Å². The van der Waals surface area contributed by atoms with Crippen LogP contribution in [0.1, 0.15) is 47.5 Å². The number of nitrogens with one attached hydrogen (secondary N) is 1. The van der Waals surface area contributed by atoms with Gasteiger partial charge in [0, 0.05) is 6.54 Å². The molecule has 1 saturated heterocycles. The molecular weight excluding hydrogens is 228 g/mol. The second-order valence-corrected chi connectivity index (χ2v) is 5.91. The van der Waals surface area contributed by atoms with Crippen LogP contribution in [0.5, 0.6) is 0 Å². The van der Waals surface area contributed by atoms with Gasteiger partial charge in [-0.15, -0.1) is 0 Å². The Labute approximate surface area is 110 Å². The number of rotatable bonds is 5. The number of carbonyl (C=O) groups is 2. The largest absolute Gasteiger partial charge is 0.342 e. The van der Waals surface area contributed by atoms with Crippen molar-refractivity contribution in [3.63, 3.8) is 0 Å². The standard InChI is InChI=1S/C14H26N2O2/c1-6-7-16-12(10(4)5)13(17)15-11(14(16)18)8-9(2)3/h9-12H,6-8H2,1-5H3,(H,15,17). The Kier molecular flexibility index (Phi) is 5.17. The first-order valence-electron chi connectivity index (χ1n) is 6.99. The molecule has 2 unspecified atom stereocenters. The molecule has 2 amide bonds. The highest BCUT2D eigenvalue weighted by Crippen LogP contribution is 2.20. The van der Waals surface area contributed by atoms with Crippen LogP contribution in [-0.4, -0.2) is 35.3 Å². The van der Waals surface area contributed by atoms with Crippen molar-refractivity contribution in [2.24, 2.45) is 11.8 Å². The smallest absolute Gasteiger partial charge is 0.245 e. The van der Waals surface area contributed by atoms with E-state index < -0.39 is 0 Å². The number of hydrogen-bond donors (Lipinski definition) is 1. The Hall–Kier alpha value is -1.06. The van der Waals surface area contributed by atoms with Crippen LogP contribution >= 0.6 is 0 Å². The summed E-state index contributed by atoms with van der Waals surface area (Å²) < 4.78 is 0. The molecule has 1 rings (SSSR count). The van der Waals surface area contributed by atoms with Crippen molar-refractivity contribution in [2.45, 2.75) is 59.5 Å². The van der Waals surface area contributed by atoms with E-state index in [1.807, 2.05) is 20.8 Å². The summed E-state index contributed by atoms with van der Waals surface area (Å²) in [4.78, 5) is 26.4. The van der Waals surface area contributed by atoms with E-state index in [0.717, 1.165) is 12.8 Å². The van der Waals surface area contributed by atoms with Crippen molar-refractivity contribution in [1.29, 1.82) is 0 Å². The van der Waals surface area contributed by atoms with Crippen LogP contribution in [0.3, 0.4) is 0 Å². The quantitative estimate of drug-likeness (QED) is 0.813. The van der Waals surface area contributed by atoms with Gasteiger partial charge in [0.05, 0.1) is 0 Å². The third kappa shape index (κ3) is 3.24. The molecule has 1 fully saturated rings. The second-order valence-electron chi connectivity index (χ2n) is 5.91. The van der Waals surface area contributed by atoms with Gasteiger partial charge in [-0.1, -0.05) is 34.6 Å². The number of hydrogen-bond acceptors (Lipinski definition) is 2. The monoisotopic (exact) mass is 254 g/mol. The van der Waals surface area contributed by atoms with Crippen LogP contribution in [-0.2, 0) is 9.59 Å². The van der Waals surface area contributed by atoms with E-state index in [2.05, 4.69) is 19.2 Å². The number of piperazine rings is 1. The van der Waals surface area contributed by atoms with Gasteiger partial charge in [-0.05, 0) is 24.7 Å². The van der Waals surface area contributed by atoms with Gasteiger partial charge in [-0.25, -0.2) is 0 Å². The van der Waals surface area contributed by atoms with Gasteiger partial charge in [-0.3, -0.25) is 9.59 Å². The lowest BCUT2D eigenvalue weighted by atomic mass is 9.93. The molecule has 1 aliphatic heterocycles. The number of carbonyl (C=O) groups excluding carboxylic acids is 2. The van der Waals surface area contributed by atoms with E-state index in [1.165, 1.54) is 0 Å². The molecule has 0 aromatic heterocycles. The van der Waals surface area contributed by atoms with Gasteiger partial charge in [0.25, 0.3) is 0 Å². The van der Waals surface area contributed by atoms with Crippen LogP contribution in [0.4, 0.5) is 0 Å². The zero-order valence-corrected chi connectivity index (χ0v) is 12.2. The third-order valence-corrected chi connectivity index (χ3v) is 3.31. The maximum Gasteiger partial charge on any atom is 0.245 e. The summed E-state index contributed by atoms with van der Waals surface area (Å²) in [6, 6.07) is -0.639. The topological polar surface area (TPSA) is 49.4 Å². The van der Waals surface area contributed by atoms with Gasteiger partial charge < -0.3 is 10.2 Å². The Morgan fingerprint density at radius 1 is 1.22 bits per heavy atom. The fourth-order valence-electron chi connectivity index (χ4n) is 2.58. The van der Waals surface area contributed by atoms with Crippen LogP contribution < -0.4 is 5.32 Å². The molecule has 1 aliphatic rings. The minimum Gasteiger partial charge on any atom is -0.342 e. The first-order valence-corrected chi connectivity index (χ1v) is 6.99. The van der Waals surface area contributed by atoms with E-state index in [1.54, 1.807) is 4.90 Å². The van der Waals surface area contributed by atoms with Gasteiger partial charge in [0.1, 0.15) is 12.1 Å². The molecule has 0 spiro atoms. The maximum absolute atomic E-state index is 12.4. The van der Waals surface area contributed by atoms with Crippen molar-refractivity contribution >= 4 is 11.8 Å². The van der Waals surface area contributed by atoms with Crippen LogP contribution in [0.15, 0.2) is 0 Å². The Bertz CT molecular complexity index is 313. The molecule has 0 radical (unpaired) electrons. The average Bonchev–Trinajstić information content (AvgIpc) is 2.24. The molecule has 0 bridgehead atoms. The van der Waals surface area contributed by atoms with E-state index in [9.17, 15) is 9.59 Å². The van der Waals surface area contributed by atoms with E-state index >= 15 is 0 Å². The van der Waals surface area contributed by atoms with Crippen LogP contribution in [0, 0.1) is 11.8 Å². The van der Waals surface area contributed by atoms with Crippen molar-refractivity contribution in [3.8, 4) is 0 Å². The summed E-state index contributed by atoms with van der Waals surface area (Å²) in [5.74, 6) is 0.645. The summed E-state index contributed by atoms with van der Waals surface area (Å²) >= 11 is 0. The fraction of sp³-hybridized carbons (Fsp3) is 0.857. The fourth-order valence-corrected chi connectivity index (χ4v) is 2.58. The Morgan fingerprint density at radius 3 is 2.28 bits per heavy atom. The molecule has 1 heterocycles. The van der Waals surface area contributed by atoms with E-state index in [0.29, 0.717) is 12.5 Å². The summed E-state index contributed by atoms with van der Waals surface area (Å²) in [7, 11) is 0. The molecule has 4 nitrogen and oxygen atoms in total. The number of nitrogens with zero attached hydrogens (tertiary/aromatic N) is 1. The van der Waals surface area contributed by atoms with Gasteiger partial charge in [0.15, 0.2) is 0 Å². The maximum atomic E-state index is 12.4. The van der Waals surface area contributed by atoms with Crippen LogP contribution in [0.25, 0.3) is 0 Å². The molecule has 0 aromatic rings. The predicted octanol–water partition coefficient (Wildman–Crippen LogP) is 1.79. The minimum atomic E-state index is -0.334. The lowest BCUT2D eigenvalue weighted by molar-refractivity contribution is -0.151. The highest BCUT2D eigenvalue weighted by Gasteiger charge is 2.41.